The van der Waals surface area contributed by atoms with Crippen LogP contribution in [0, 0.1) is 12.3 Å². The van der Waals surface area contributed by atoms with Gasteiger partial charge in [-0.3, -0.25) is 29.1 Å². The number of thiazole rings is 1. The lowest BCUT2D eigenvalue weighted by Gasteiger charge is -2.35. The summed E-state index contributed by atoms with van der Waals surface area (Å²) in [6.07, 6.45) is 7.82. The number of hydroxylamine groups is 1. The molecule has 19 heteroatoms. The number of carbonyl (C=O) groups is 5. The van der Waals surface area contributed by atoms with Gasteiger partial charge >= 0.3 is 6.03 Å². The number of hydrogen-bond donors (Lipinski definition) is 6. The van der Waals surface area contributed by atoms with Gasteiger partial charge in [0, 0.05) is 63.0 Å². The van der Waals surface area contributed by atoms with Gasteiger partial charge < -0.3 is 35.6 Å². The van der Waals surface area contributed by atoms with Crippen molar-refractivity contribution in [2.75, 3.05) is 25.0 Å². The molecule has 1 aliphatic heterocycles. The van der Waals surface area contributed by atoms with Crippen LogP contribution in [0.4, 0.5) is 10.5 Å². The Balaban J connectivity index is 0.854. The Morgan fingerprint density at radius 2 is 1.65 bits per heavy atom. The third-order valence-electron chi connectivity index (χ3n) is 12.6. The number of aliphatic hydroxyl groups is 1. The predicted molar refractivity (Wildman–Crippen MR) is 275 cm³/mol. The SMILES string of the molecule is CCCCN(Cc1ccc(C(=O)NO)cc1)C(=O)Nc1ccc(OCCCCCn2cc(CCCCC(=O)N[C@H](C(=O)N3C[C@H](O)C[C@H]3C(=O)NCc3ccc(-c4scnc4C)cc3)C(C)(C)C)nn2)cc1. The minimum atomic E-state index is -0.892. The molecule has 1 saturated heterocycles. The lowest BCUT2D eigenvalue weighted by atomic mass is 9.85. The van der Waals surface area contributed by atoms with E-state index in [1.54, 1.807) is 46.0 Å². The molecule has 0 spiro atoms. The average Bonchev–Trinajstić information content (AvgIpc) is 4.13. The topological polar surface area (TPSA) is 233 Å². The predicted octanol–water partition coefficient (Wildman–Crippen LogP) is 7.43. The summed E-state index contributed by atoms with van der Waals surface area (Å²) in [5.41, 5.74) is 8.39. The fourth-order valence-corrected chi connectivity index (χ4v) is 9.21. The number of anilines is 1. The highest BCUT2D eigenvalue weighted by molar-refractivity contribution is 7.13. The first-order chi connectivity index (χ1) is 34.6. The normalized spacial score (nSPS) is 14.9. The number of nitrogens with zero attached hydrogens (tertiary/aromatic N) is 6. The van der Waals surface area contributed by atoms with Crippen LogP contribution in [0.25, 0.3) is 10.4 Å². The van der Waals surface area contributed by atoms with E-state index >= 15 is 0 Å². The summed E-state index contributed by atoms with van der Waals surface area (Å²) in [6, 6.07) is 19.9. The standard InChI is InChI=1S/C53H70N10O8S/c1-6-7-27-61(32-38-17-21-40(22-18-38)49(66)59-70)52(69)56-41-23-25-44(26-24-41)71-29-12-8-11-28-62-33-42(58-60-62)13-9-10-14-46(65)57-48(53(3,4)5)51(68)63-34-43(64)30-45(63)50(67)54-31-37-15-19-39(20-16-37)47-36(2)55-35-72-47/h15-26,33,35,43,45,48,64,70H,6-14,27-32,34H2,1-5H3,(H,54,67)(H,56,69)(H,57,65)(H,59,66)/t43-,45+,48-/m1/s1. The third-order valence-corrected chi connectivity index (χ3v) is 13.5. The van der Waals surface area contributed by atoms with E-state index in [2.05, 4.69) is 38.2 Å². The maximum Gasteiger partial charge on any atom is 0.322 e. The molecule has 6 rings (SSSR count). The summed E-state index contributed by atoms with van der Waals surface area (Å²) in [4.78, 5) is 74.2. The summed E-state index contributed by atoms with van der Waals surface area (Å²) in [7, 11) is 0. The molecule has 0 aliphatic carbocycles. The molecule has 3 heterocycles. The second-order valence-corrected chi connectivity index (χ2v) is 20.3. The number of rotatable bonds is 25. The molecule has 72 heavy (non-hydrogen) atoms. The van der Waals surface area contributed by atoms with E-state index in [9.17, 15) is 29.1 Å². The van der Waals surface area contributed by atoms with Crippen LogP contribution >= 0.6 is 11.3 Å². The number of benzene rings is 3. The van der Waals surface area contributed by atoms with Gasteiger partial charge in [-0.15, -0.1) is 16.4 Å². The van der Waals surface area contributed by atoms with Crippen molar-refractivity contribution in [3.8, 4) is 16.2 Å². The molecule has 1 aliphatic rings. The average molecular weight is 1010 g/mol. The molecule has 2 aromatic heterocycles. The first-order valence-electron chi connectivity index (χ1n) is 24.9. The monoisotopic (exact) mass is 1010 g/mol. The van der Waals surface area contributed by atoms with Crippen LogP contribution < -0.4 is 26.2 Å². The van der Waals surface area contributed by atoms with Crippen LogP contribution in [0.3, 0.4) is 0 Å². The van der Waals surface area contributed by atoms with E-state index in [1.807, 2.05) is 92.6 Å². The molecular weight excluding hydrogens is 937 g/mol. The zero-order valence-electron chi connectivity index (χ0n) is 42.1. The molecule has 3 aromatic carbocycles. The summed E-state index contributed by atoms with van der Waals surface area (Å²) in [5, 5.41) is 36.9. The molecule has 18 nitrogen and oxygen atoms in total. The van der Waals surface area contributed by atoms with E-state index < -0.39 is 35.4 Å². The molecule has 1 fully saturated rings. The van der Waals surface area contributed by atoms with Crippen LogP contribution in [0.1, 0.15) is 118 Å². The Labute approximate surface area is 425 Å². The molecule has 0 bridgehead atoms. The number of ether oxygens (including phenoxy) is 1. The van der Waals surface area contributed by atoms with E-state index in [-0.39, 0.29) is 43.8 Å². The number of β-amino-alcohol motifs (C(OH)–C–C–N with tert-alkyl or cyclic N) is 1. The Morgan fingerprint density at radius 3 is 2.33 bits per heavy atom. The van der Waals surface area contributed by atoms with Crippen LogP contribution in [0.2, 0.25) is 0 Å². The number of hydrogen-bond acceptors (Lipinski definition) is 12. The molecule has 6 N–H and O–H groups in total. The molecule has 6 amide bonds. The highest BCUT2D eigenvalue weighted by Gasteiger charge is 2.44. The van der Waals surface area contributed by atoms with E-state index in [0.717, 1.165) is 65.1 Å². The number of unbranched alkanes of at least 4 members (excludes halogenated alkanes) is 4. The Morgan fingerprint density at radius 1 is 0.917 bits per heavy atom. The van der Waals surface area contributed by atoms with Crippen LogP contribution in [-0.4, -0.2) is 108 Å². The van der Waals surface area contributed by atoms with Crippen molar-refractivity contribution in [2.24, 2.45) is 5.41 Å². The largest absolute Gasteiger partial charge is 0.494 e. The van der Waals surface area contributed by atoms with Gasteiger partial charge in [0.1, 0.15) is 17.8 Å². The second kappa shape index (κ2) is 26.7. The van der Waals surface area contributed by atoms with Crippen molar-refractivity contribution in [1.82, 2.24) is 45.9 Å². The van der Waals surface area contributed by atoms with Gasteiger partial charge in [-0.25, -0.2) is 15.3 Å². The fourth-order valence-electron chi connectivity index (χ4n) is 8.40. The van der Waals surface area contributed by atoms with E-state index in [1.165, 1.54) is 4.90 Å². The van der Waals surface area contributed by atoms with Crippen LogP contribution in [0.15, 0.2) is 84.5 Å². The van der Waals surface area contributed by atoms with Gasteiger partial charge in [0.05, 0.1) is 34.5 Å². The Hall–Kier alpha value is -6.70. The van der Waals surface area contributed by atoms with Gasteiger partial charge in [0.25, 0.3) is 5.91 Å². The van der Waals surface area contributed by atoms with Gasteiger partial charge in [-0.2, -0.15) is 0 Å². The van der Waals surface area contributed by atoms with Crippen LogP contribution in [-0.2, 0) is 40.4 Å². The van der Waals surface area contributed by atoms with E-state index in [4.69, 9.17) is 9.94 Å². The Bertz CT molecular complexity index is 2540. The smallest absolute Gasteiger partial charge is 0.322 e. The van der Waals surface area contributed by atoms with Crippen molar-refractivity contribution in [2.45, 2.75) is 137 Å². The molecule has 0 saturated carbocycles. The number of aryl methyl sites for hydroxylation is 3. The number of urea groups is 1. The van der Waals surface area contributed by atoms with Gasteiger partial charge in [0.2, 0.25) is 17.7 Å². The van der Waals surface area contributed by atoms with Crippen molar-refractivity contribution in [1.29, 1.82) is 0 Å². The third kappa shape index (κ3) is 16.2. The summed E-state index contributed by atoms with van der Waals surface area (Å²) < 4.78 is 7.79. The number of amides is 6. The molecule has 0 radical (unpaired) electrons. The van der Waals surface area contributed by atoms with E-state index in [0.29, 0.717) is 62.5 Å². The number of nitrogens with one attached hydrogen (secondary N) is 4. The van der Waals surface area contributed by atoms with Gasteiger partial charge in [-0.05, 0) is 110 Å². The lowest BCUT2D eigenvalue weighted by molar-refractivity contribution is -0.144. The van der Waals surface area contributed by atoms with Crippen molar-refractivity contribution >= 4 is 46.7 Å². The summed E-state index contributed by atoms with van der Waals surface area (Å²) >= 11 is 1.58. The number of aliphatic hydroxyl groups excluding tert-OH is 1. The van der Waals surface area contributed by atoms with Gasteiger partial charge in [0.15, 0.2) is 0 Å². The van der Waals surface area contributed by atoms with Gasteiger partial charge in [-0.1, -0.05) is 75.7 Å². The minimum absolute atomic E-state index is 0.00984. The van der Waals surface area contributed by atoms with Crippen molar-refractivity contribution < 1.29 is 39.0 Å². The van der Waals surface area contributed by atoms with Crippen molar-refractivity contribution in [3.63, 3.8) is 0 Å². The minimum Gasteiger partial charge on any atom is -0.494 e. The highest BCUT2D eigenvalue weighted by atomic mass is 32.1. The molecule has 3 atom stereocenters. The zero-order chi connectivity index (χ0) is 51.6. The fraction of sp³-hybridized carbons (Fsp3) is 0.472. The molecule has 5 aromatic rings. The summed E-state index contributed by atoms with van der Waals surface area (Å²) in [5.74, 6) is -0.883. The lowest BCUT2D eigenvalue weighted by Crippen LogP contribution is -2.57. The van der Waals surface area contributed by atoms with Crippen LogP contribution in [0.5, 0.6) is 5.75 Å². The maximum atomic E-state index is 14.0. The van der Waals surface area contributed by atoms with Crippen molar-refractivity contribution in [3.05, 3.63) is 113 Å². The first-order valence-corrected chi connectivity index (χ1v) is 25.8. The quantitative estimate of drug-likeness (QED) is 0.0191. The maximum absolute atomic E-state index is 14.0. The molecule has 0 unspecified atom stereocenters. The summed E-state index contributed by atoms with van der Waals surface area (Å²) in [6.45, 7) is 12.1. The highest BCUT2D eigenvalue weighted by Crippen LogP contribution is 2.29. The Kier molecular flexibility index (Phi) is 20.2. The number of likely N-dealkylation sites (tertiary alicyclic amines) is 1. The first kappa shape index (κ1) is 54.6. The second-order valence-electron chi connectivity index (χ2n) is 19.4. The number of carbonyl (C=O) groups excluding carboxylic acids is 5. The molecule has 386 valence electrons. The molecular formula is C53H70N10O8S. The zero-order valence-corrected chi connectivity index (χ0v) is 42.9. The number of aromatic nitrogens is 4.